The molecule has 0 spiro atoms. The van der Waals surface area contributed by atoms with E-state index in [1.807, 2.05) is 50.3 Å². The summed E-state index contributed by atoms with van der Waals surface area (Å²) in [6.07, 6.45) is 8.50. The maximum absolute atomic E-state index is 9.76. The van der Waals surface area contributed by atoms with Crippen molar-refractivity contribution < 1.29 is 0 Å². The highest BCUT2D eigenvalue weighted by atomic mass is 14.6. The van der Waals surface area contributed by atoms with Crippen LogP contribution in [0.3, 0.4) is 0 Å². The summed E-state index contributed by atoms with van der Waals surface area (Å²) in [5.74, 6) is -0.450. The van der Waals surface area contributed by atoms with Gasteiger partial charge in [0, 0.05) is 12.3 Å². The van der Waals surface area contributed by atoms with E-state index in [0.717, 1.165) is 18.4 Å². The van der Waals surface area contributed by atoms with Crippen LogP contribution in [-0.4, -0.2) is 0 Å². The quantitative estimate of drug-likeness (QED) is 0.654. The predicted octanol–water partition coefficient (Wildman–Crippen LogP) is 5.10. The molecule has 4 nitrogen and oxygen atoms in total. The highest BCUT2D eigenvalue weighted by molar-refractivity contribution is 5.42. The summed E-state index contributed by atoms with van der Waals surface area (Å²) < 4.78 is 0. The van der Waals surface area contributed by atoms with Gasteiger partial charge in [-0.3, -0.25) is 0 Å². The topological polar surface area (TPSA) is 95.2 Å². The molecule has 0 saturated carbocycles. The van der Waals surface area contributed by atoms with Crippen molar-refractivity contribution in [3.63, 3.8) is 0 Å². The normalized spacial score (nSPS) is 20.9. The smallest absolute Gasteiger partial charge is 0.182 e. The van der Waals surface area contributed by atoms with Crippen molar-refractivity contribution in [3.05, 3.63) is 34.9 Å². The van der Waals surface area contributed by atoms with Gasteiger partial charge in [-0.15, -0.1) is 0 Å². The monoisotopic (exact) mass is 332 g/mol. The molecule has 1 aliphatic carbocycles. The second-order valence-corrected chi connectivity index (χ2v) is 6.97. The molecular formula is C21H24N4. The SMILES string of the molecule is CC(C)=CCC/C(C)=C/CC1C(C)=CCC(C#N)(C#N)C1(C#N)C#N. The van der Waals surface area contributed by atoms with Crippen LogP contribution >= 0.6 is 0 Å². The molecule has 0 heterocycles. The molecular weight excluding hydrogens is 308 g/mol. The molecule has 0 radical (unpaired) electrons. The van der Waals surface area contributed by atoms with E-state index in [4.69, 9.17) is 0 Å². The average molecular weight is 332 g/mol. The maximum atomic E-state index is 9.76. The van der Waals surface area contributed by atoms with Crippen molar-refractivity contribution >= 4 is 0 Å². The Morgan fingerprint density at radius 1 is 1.08 bits per heavy atom. The van der Waals surface area contributed by atoms with E-state index in [1.165, 1.54) is 11.1 Å². The summed E-state index contributed by atoms with van der Waals surface area (Å²) in [5, 5.41) is 38.7. The van der Waals surface area contributed by atoms with Gasteiger partial charge in [-0.2, -0.15) is 21.0 Å². The molecule has 0 amide bonds. The number of hydrogen-bond acceptors (Lipinski definition) is 4. The Kier molecular flexibility index (Phi) is 6.74. The lowest BCUT2D eigenvalue weighted by molar-refractivity contribution is 0.202. The van der Waals surface area contributed by atoms with Gasteiger partial charge in [-0.25, -0.2) is 0 Å². The number of hydrogen-bond donors (Lipinski definition) is 0. The molecule has 128 valence electrons. The molecule has 4 heteroatoms. The molecule has 1 unspecified atom stereocenters. The first-order valence-corrected chi connectivity index (χ1v) is 8.43. The largest absolute Gasteiger partial charge is 0.196 e. The third-order valence-corrected chi connectivity index (χ3v) is 5.00. The average Bonchev–Trinajstić information content (AvgIpc) is 2.60. The molecule has 1 rings (SSSR count). The minimum absolute atomic E-state index is 0.118. The van der Waals surface area contributed by atoms with E-state index in [2.05, 4.69) is 19.9 Å². The van der Waals surface area contributed by atoms with Crippen molar-refractivity contribution in [2.45, 2.75) is 53.4 Å². The Morgan fingerprint density at radius 3 is 2.16 bits per heavy atom. The van der Waals surface area contributed by atoms with Crippen LogP contribution in [0.2, 0.25) is 0 Å². The van der Waals surface area contributed by atoms with Gasteiger partial charge in [-0.05, 0) is 47.0 Å². The first-order chi connectivity index (χ1) is 11.8. The molecule has 1 aliphatic rings. The molecule has 0 aromatic rings. The molecule has 0 N–H and O–H groups in total. The number of rotatable bonds is 5. The van der Waals surface area contributed by atoms with Gasteiger partial charge in [0.25, 0.3) is 0 Å². The number of allylic oxidation sites excluding steroid dienone is 6. The van der Waals surface area contributed by atoms with E-state index in [1.54, 1.807) is 0 Å². The van der Waals surface area contributed by atoms with Gasteiger partial charge in [0.15, 0.2) is 10.8 Å². The lowest BCUT2D eigenvalue weighted by Gasteiger charge is -2.40. The Hall–Kier alpha value is -2.82. The van der Waals surface area contributed by atoms with E-state index in [9.17, 15) is 21.0 Å². The zero-order valence-corrected chi connectivity index (χ0v) is 15.4. The molecule has 0 aromatic carbocycles. The summed E-state index contributed by atoms with van der Waals surface area (Å²) in [7, 11) is 0. The molecule has 0 saturated heterocycles. The van der Waals surface area contributed by atoms with Crippen LogP contribution in [0.4, 0.5) is 0 Å². The summed E-state index contributed by atoms with van der Waals surface area (Å²) >= 11 is 0. The van der Waals surface area contributed by atoms with Crippen LogP contribution < -0.4 is 0 Å². The highest BCUT2D eigenvalue weighted by Gasteiger charge is 2.60. The molecule has 0 fully saturated rings. The van der Waals surface area contributed by atoms with Crippen molar-refractivity contribution in [3.8, 4) is 24.3 Å². The number of nitriles is 4. The second-order valence-electron chi connectivity index (χ2n) is 6.97. The number of nitrogens with zero attached hydrogens (tertiary/aromatic N) is 4. The van der Waals surface area contributed by atoms with Crippen LogP contribution in [0.15, 0.2) is 34.9 Å². The zero-order chi connectivity index (χ0) is 19.1. The summed E-state index contributed by atoms with van der Waals surface area (Å²) in [6.45, 7) is 8.03. The van der Waals surface area contributed by atoms with Crippen LogP contribution in [0.1, 0.15) is 53.4 Å². The van der Waals surface area contributed by atoms with Crippen molar-refractivity contribution in [1.29, 1.82) is 21.0 Å². The van der Waals surface area contributed by atoms with Gasteiger partial charge in [0.2, 0.25) is 0 Å². The minimum Gasteiger partial charge on any atom is -0.196 e. The summed E-state index contributed by atoms with van der Waals surface area (Å²) in [5.41, 5.74) is 0.0913. The Bertz CT molecular complexity index is 737. The lowest BCUT2D eigenvalue weighted by atomic mass is 9.53. The Balaban J connectivity index is 3.18. The van der Waals surface area contributed by atoms with E-state index < -0.39 is 16.7 Å². The first-order valence-electron chi connectivity index (χ1n) is 8.43. The Labute approximate surface area is 151 Å². The third-order valence-electron chi connectivity index (χ3n) is 5.00. The van der Waals surface area contributed by atoms with E-state index in [-0.39, 0.29) is 6.42 Å². The van der Waals surface area contributed by atoms with Crippen LogP contribution in [-0.2, 0) is 0 Å². The first kappa shape index (κ1) is 20.2. The van der Waals surface area contributed by atoms with Crippen molar-refractivity contribution in [2.24, 2.45) is 16.7 Å². The lowest BCUT2D eigenvalue weighted by Crippen LogP contribution is -2.46. The van der Waals surface area contributed by atoms with Gasteiger partial charge in [0.1, 0.15) is 0 Å². The highest BCUT2D eigenvalue weighted by Crippen LogP contribution is 2.53. The molecule has 0 aliphatic heterocycles. The minimum atomic E-state index is -1.65. The van der Waals surface area contributed by atoms with E-state index in [0.29, 0.717) is 6.42 Å². The van der Waals surface area contributed by atoms with Crippen molar-refractivity contribution in [2.75, 3.05) is 0 Å². The zero-order valence-electron chi connectivity index (χ0n) is 15.4. The van der Waals surface area contributed by atoms with Crippen LogP contribution in [0.25, 0.3) is 0 Å². The molecule has 1 atom stereocenters. The van der Waals surface area contributed by atoms with Gasteiger partial charge >= 0.3 is 0 Å². The molecule has 25 heavy (non-hydrogen) atoms. The second kappa shape index (κ2) is 8.33. The summed E-state index contributed by atoms with van der Waals surface area (Å²) in [4.78, 5) is 0. The summed E-state index contributed by atoms with van der Waals surface area (Å²) in [6, 6.07) is 8.00. The van der Waals surface area contributed by atoms with Gasteiger partial charge in [-0.1, -0.05) is 34.9 Å². The fourth-order valence-corrected chi connectivity index (χ4v) is 3.29. The van der Waals surface area contributed by atoms with Crippen LogP contribution in [0.5, 0.6) is 0 Å². The molecule has 0 bridgehead atoms. The fourth-order valence-electron chi connectivity index (χ4n) is 3.29. The van der Waals surface area contributed by atoms with Crippen LogP contribution in [0, 0.1) is 62.1 Å². The van der Waals surface area contributed by atoms with Crippen molar-refractivity contribution in [1.82, 2.24) is 0 Å². The standard InChI is InChI=1S/C21H24N4/c1-16(2)6-5-7-17(3)8-9-19-18(4)10-11-20(12-22,13-23)21(19,14-24)15-25/h6,8,10,19H,5,7,9,11H2,1-4H3/b17-8+. The third kappa shape index (κ3) is 3.82. The maximum Gasteiger partial charge on any atom is 0.182 e. The molecule has 0 aromatic heterocycles. The fraction of sp³-hybridized carbons (Fsp3) is 0.524. The predicted molar refractivity (Wildman–Crippen MR) is 96.2 cm³/mol. The van der Waals surface area contributed by atoms with E-state index >= 15 is 0 Å². The van der Waals surface area contributed by atoms with Gasteiger partial charge < -0.3 is 0 Å². The van der Waals surface area contributed by atoms with Gasteiger partial charge in [0.05, 0.1) is 24.3 Å². The Morgan fingerprint density at radius 2 is 1.68 bits per heavy atom.